The van der Waals surface area contributed by atoms with Gasteiger partial charge in [-0.3, -0.25) is 4.90 Å². The molecule has 1 unspecified atom stereocenters. The highest BCUT2D eigenvalue weighted by Crippen LogP contribution is 2.19. The maximum atomic E-state index is 9.42. The summed E-state index contributed by atoms with van der Waals surface area (Å²) in [5, 5.41) is 11.5. The highest BCUT2D eigenvalue weighted by atomic mass is 32.1. The van der Waals surface area contributed by atoms with Crippen LogP contribution < -0.4 is 5.73 Å². The number of likely N-dealkylation sites (tertiary alicyclic amines) is 1. The molecule has 1 fully saturated rings. The van der Waals surface area contributed by atoms with Gasteiger partial charge in [-0.2, -0.15) is 0 Å². The Bertz CT molecular complexity index is 405. The van der Waals surface area contributed by atoms with Crippen LogP contribution in [-0.4, -0.2) is 35.7 Å². The van der Waals surface area contributed by atoms with Crippen LogP contribution in [0.4, 0.5) is 0 Å². The van der Waals surface area contributed by atoms with E-state index in [0.29, 0.717) is 6.54 Å². The van der Waals surface area contributed by atoms with Crippen LogP contribution in [0.1, 0.15) is 16.9 Å². The minimum Gasteiger partial charge on any atom is -0.392 e. The Morgan fingerprint density at radius 3 is 3.19 bits per heavy atom. The third-order valence-electron chi connectivity index (χ3n) is 2.62. The van der Waals surface area contributed by atoms with Crippen LogP contribution >= 0.6 is 11.3 Å². The molecule has 86 valence electrons. The van der Waals surface area contributed by atoms with Gasteiger partial charge in [0.25, 0.3) is 0 Å². The number of nitrogens with zero attached hydrogens (tertiary/aromatic N) is 1. The molecule has 3 N–H and O–H groups in total. The van der Waals surface area contributed by atoms with Crippen LogP contribution in [0.3, 0.4) is 0 Å². The van der Waals surface area contributed by atoms with Gasteiger partial charge < -0.3 is 10.8 Å². The molecular weight excluding hydrogens is 220 g/mol. The molecule has 3 nitrogen and oxygen atoms in total. The summed E-state index contributed by atoms with van der Waals surface area (Å²) in [6.07, 6.45) is 0.752. The van der Waals surface area contributed by atoms with E-state index >= 15 is 0 Å². The van der Waals surface area contributed by atoms with E-state index in [-0.39, 0.29) is 6.10 Å². The number of nitrogens with two attached hydrogens (primary N) is 1. The van der Waals surface area contributed by atoms with Crippen molar-refractivity contribution in [1.29, 1.82) is 0 Å². The first-order valence-corrected chi connectivity index (χ1v) is 6.32. The lowest BCUT2D eigenvalue weighted by atomic mass is 10.3. The molecule has 1 atom stereocenters. The minimum atomic E-state index is -0.142. The fourth-order valence-corrected chi connectivity index (χ4v) is 2.72. The SMILES string of the molecule is NCC#Cc1csc(CN2CCC(O)C2)c1. The van der Waals surface area contributed by atoms with Crippen molar-refractivity contribution in [2.24, 2.45) is 5.73 Å². The first-order chi connectivity index (χ1) is 7.78. The molecule has 0 spiro atoms. The van der Waals surface area contributed by atoms with Crippen molar-refractivity contribution < 1.29 is 5.11 Å². The van der Waals surface area contributed by atoms with Gasteiger partial charge in [-0.1, -0.05) is 11.8 Å². The molecule has 0 bridgehead atoms. The van der Waals surface area contributed by atoms with E-state index in [1.165, 1.54) is 4.88 Å². The summed E-state index contributed by atoms with van der Waals surface area (Å²) in [5.74, 6) is 5.88. The second-order valence-corrected chi connectivity index (χ2v) is 4.98. The highest BCUT2D eigenvalue weighted by molar-refractivity contribution is 7.10. The molecule has 1 saturated heterocycles. The average Bonchev–Trinajstić information content (AvgIpc) is 2.86. The van der Waals surface area contributed by atoms with Crippen molar-refractivity contribution in [2.45, 2.75) is 19.1 Å². The zero-order chi connectivity index (χ0) is 11.4. The molecule has 1 aromatic heterocycles. The van der Waals surface area contributed by atoms with Gasteiger partial charge in [0, 0.05) is 35.5 Å². The van der Waals surface area contributed by atoms with Gasteiger partial charge in [-0.05, 0) is 12.5 Å². The van der Waals surface area contributed by atoms with Crippen LogP contribution in [0.15, 0.2) is 11.4 Å². The van der Waals surface area contributed by atoms with Crippen molar-refractivity contribution in [2.75, 3.05) is 19.6 Å². The normalized spacial score (nSPS) is 20.8. The maximum absolute atomic E-state index is 9.42. The average molecular weight is 236 g/mol. The van der Waals surface area contributed by atoms with Crippen molar-refractivity contribution in [1.82, 2.24) is 4.90 Å². The molecule has 4 heteroatoms. The number of hydrogen-bond donors (Lipinski definition) is 2. The molecule has 0 saturated carbocycles. The van der Waals surface area contributed by atoms with E-state index < -0.39 is 0 Å². The summed E-state index contributed by atoms with van der Waals surface area (Å²) in [7, 11) is 0. The number of rotatable bonds is 2. The van der Waals surface area contributed by atoms with E-state index in [0.717, 1.165) is 31.6 Å². The lowest BCUT2D eigenvalue weighted by Gasteiger charge is -2.12. The van der Waals surface area contributed by atoms with Gasteiger partial charge in [-0.15, -0.1) is 11.3 Å². The summed E-state index contributed by atoms with van der Waals surface area (Å²) < 4.78 is 0. The molecule has 0 aromatic carbocycles. The Morgan fingerprint density at radius 1 is 1.62 bits per heavy atom. The number of β-amino-alcohol motifs (C(OH)–C–C–N with tert-alkyl or cyclic N) is 1. The molecule has 1 aromatic rings. The van der Waals surface area contributed by atoms with Crippen molar-refractivity contribution >= 4 is 11.3 Å². The minimum absolute atomic E-state index is 0.142. The van der Waals surface area contributed by atoms with E-state index in [2.05, 4.69) is 28.2 Å². The lowest BCUT2D eigenvalue weighted by Crippen LogP contribution is -2.20. The summed E-state index contributed by atoms with van der Waals surface area (Å²) in [4.78, 5) is 3.58. The summed E-state index contributed by atoms with van der Waals surface area (Å²) in [5.41, 5.74) is 6.37. The fraction of sp³-hybridized carbons (Fsp3) is 0.500. The number of hydrogen-bond acceptors (Lipinski definition) is 4. The van der Waals surface area contributed by atoms with Gasteiger partial charge in [0.05, 0.1) is 12.6 Å². The smallest absolute Gasteiger partial charge is 0.0679 e. The summed E-state index contributed by atoms with van der Waals surface area (Å²) >= 11 is 1.72. The van der Waals surface area contributed by atoms with Crippen LogP contribution in [0.25, 0.3) is 0 Å². The molecular formula is C12H16N2OS. The molecule has 0 radical (unpaired) electrons. The zero-order valence-corrected chi connectivity index (χ0v) is 9.96. The van der Waals surface area contributed by atoms with E-state index in [4.69, 9.17) is 5.73 Å². The van der Waals surface area contributed by atoms with Crippen LogP contribution in [-0.2, 0) is 6.54 Å². The molecule has 2 rings (SSSR count). The summed E-state index contributed by atoms with van der Waals surface area (Å²) in [6, 6.07) is 2.11. The molecule has 0 amide bonds. The largest absolute Gasteiger partial charge is 0.392 e. The Kier molecular flexibility index (Phi) is 3.97. The van der Waals surface area contributed by atoms with Gasteiger partial charge in [0.1, 0.15) is 0 Å². The van der Waals surface area contributed by atoms with Gasteiger partial charge in [-0.25, -0.2) is 0 Å². The van der Waals surface area contributed by atoms with Crippen LogP contribution in [0, 0.1) is 11.8 Å². The first-order valence-electron chi connectivity index (χ1n) is 5.44. The second-order valence-electron chi connectivity index (χ2n) is 3.99. The predicted molar refractivity (Wildman–Crippen MR) is 66.2 cm³/mol. The topological polar surface area (TPSA) is 49.5 Å². The quantitative estimate of drug-likeness (QED) is 0.740. The highest BCUT2D eigenvalue weighted by Gasteiger charge is 2.20. The van der Waals surface area contributed by atoms with Gasteiger partial charge >= 0.3 is 0 Å². The molecule has 0 aliphatic carbocycles. The Balaban J connectivity index is 1.92. The van der Waals surface area contributed by atoms with Gasteiger partial charge in [0.15, 0.2) is 0 Å². The summed E-state index contributed by atoms with van der Waals surface area (Å²) in [6.45, 7) is 3.11. The van der Waals surface area contributed by atoms with Crippen molar-refractivity contribution in [3.8, 4) is 11.8 Å². The zero-order valence-electron chi connectivity index (χ0n) is 9.15. The molecule has 2 heterocycles. The number of thiophene rings is 1. The molecule has 1 aliphatic heterocycles. The lowest BCUT2D eigenvalue weighted by molar-refractivity contribution is 0.175. The van der Waals surface area contributed by atoms with Crippen LogP contribution in [0.5, 0.6) is 0 Å². The van der Waals surface area contributed by atoms with Crippen molar-refractivity contribution in [3.63, 3.8) is 0 Å². The molecule has 16 heavy (non-hydrogen) atoms. The Morgan fingerprint density at radius 2 is 2.50 bits per heavy atom. The van der Waals surface area contributed by atoms with Crippen LogP contribution in [0.2, 0.25) is 0 Å². The number of aliphatic hydroxyl groups excluding tert-OH is 1. The Labute approximate surface area is 99.9 Å². The standard InChI is InChI=1S/C12H16N2OS/c13-4-1-2-10-6-12(16-9-10)8-14-5-3-11(15)7-14/h6,9,11,15H,3-5,7-8,13H2. The van der Waals surface area contributed by atoms with E-state index in [1.807, 2.05) is 0 Å². The van der Waals surface area contributed by atoms with Crippen molar-refractivity contribution in [3.05, 3.63) is 21.9 Å². The van der Waals surface area contributed by atoms with E-state index in [1.54, 1.807) is 11.3 Å². The third-order valence-corrected chi connectivity index (χ3v) is 3.54. The second kappa shape index (κ2) is 5.46. The monoisotopic (exact) mass is 236 g/mol. The first kappa shape index (κ1) is 11.6. The number of aliphatic hydroxyl groups is 1. The fourth-order valence-electron chi connectivity index (χ4n) is 1.86. The van der Waals surface area contributed by atoms with Gasteiger partial charge in [0.2, 0.25) is 0 Å². The molecule has 1 aliphatic rings. The third kappa shape index (κ3) is 3.06. The maximum Gasteiger partial charge on any atom is 0.0679 e. The Hall–Kier alpha value is -0.860. The van der Waals surface area contributed by atoms with E-state index in [9.17, 15) is 5.11 Å². The predicted octanol–water partition coefficient (Wildman–Crippen LogP) is 0.625.